The van der Waals surface area contributed by atoms with E-state index in [1.54, 1.807) is 42.0 Å². The topological polar surface area (TPSA) is 117 Å². The van der Waals surface area contributed by atoms with Crippen molar-refractivity contribution in [1.82, 2.24) is 10.2 Å². The highest BCUT2D eigenvalue weighted by atomic mass is 16.7. The van der Waals surface area contributed by atoms with E-state index in [1.807, 2.05) is 84.9 Å². The predicted molar refractivity (Wildman–Crippen MR) is 218 cm³/mol. The van der Waals surface area contributed by atoms with Gasteiger partial charge in [-0.3, -0.25) is 14.5 Å². The van der Waals surface area contributed by atoms with Gasteiger partial charge >= 0.3 is 12.2 Å². The Hall–Kier alpha value is -5.64. The molecule has 0 aliphatic carbocycles. The maximum Gasteiger partial charge on any atom is 0.508 e. The molecule has 0 unspecified atom stereocenters. The summed E-state index contributed by atoms with van der Waals surface area (Å²) >= 11 is 0. The van der Waals surface area contributed by atoms with E-state index in [9.17, 15) is 19.2 Å². The number of likely N-dealkylation sites (tertiary alicyclic amines) is 1. The second-order valence-corrected chi connectivity index (χ2v) is 13.9. The Bertz CT molecular complexity index is 1860. The summed E-state index contributed by atoms with van der Waals surface area (Å²) in [6, 6.07) is 31.5. The van der Waals surface area contributed by atoms with Crippen molar-refractivity contribution in [3.05, 3.63) is 120 Å². The Morgan fingerprint density at radius 1 is 0.800 bits per heavy atom. The molecule has 1 aliphatic rings. The molecule has 0 spiro atoms. The number of nitrogens with zero attached hydrogens (tertiary/aromatic N) is 2. The lowest BCUT2D eigenvalue weighted by Gasteiger charge is -2.34. The van der Waals surface area contributed by atoms with Crippen molar-refractivity contribution in [2.75, 3.05) is 43.5 Å². The fourth-order valence-electron chi connectivity index (χ4n) is 6.76. The van der Waals surface area contributed by atoms with Gasteiger partial charge in [0.1, 0.15) is 12.1 Å². The van der Waals surface area contributed by atoms with Gasteiger partial charge in [-0.25, -0.2) is 9.59 Å². The van der Waals surface area contributed by atoms with Crippen LogP contribution < -0.4 is 15.5 Å². The molecule has 55 heavy (non-hydrogen) atoms. The Kier molecular flexibility index (Phi) is 15.3. The first-order valence-corrected chi connectivity index (χ1v) is 19.6. The van der Waals surface area contributed by atoms with Crippen LogP contribution in [0.15, 0.2) is 103 Å². The molecule has 4 aromatic carbocycles. The average molecular weight is 747 g/mol. The van der Waals surface area contributed by atoms with Crippen LogP contribution in [0.1, 0.15) is 80.3 Å². The zero-order chi connectivity index (χ0) is 39.0. The fourth-order valence-corrected chi connectivity index (χ4v) is 6.76. The molecule has 10 nitrogen and oxygen atoms in total. The van der Waals surface area contributed by atoms with Gasteiger partial charge in [-0.15, -0.1) is 0 Å². The first-order valence-electron chi connectivity index (χ1n) is 19.6. The van der Waals surface area contributed by atoms with Crippen molar-refractivity contribution in [2.45, 2.75) is 77.4 Å². The zero-order valence-corrected chi connectivity index (χ0v) is 32.3. The lowest BCUT2D eigenvalue weighted by atomic mass is 9.97. The van der Waals surface area contributed by atoms with E-state index in [1.165, 1.54) is 19.3 Å². The number of para-hydroxylation sites is 1. The lowest BCUT2D eigenvalue weighted by Crippen LogP contribution is -2.48. The van der Waals surface area contributed by atoms with Crippen molar-refractivity contribution in [2.24, 2.45) is 0 Å². The normalized spacial score (nSPS) is 13.4. The zero-order valence-electron chi connectivity index (χ0n) is 32.3. The molecule has 10 heteroatoms. The van der Waals surface area contributed by atoms with Crippen molar-refractivity contribution < 1.29 is 28.7 Å². The lowest BCUT2D eigenvalue weighted by molar-refractivity contribution is -0.134. The largest absolute Gasteiger partial charge is 0.508 e. The summed E-state index contributed by atoms with van der Waals surface area (Å²) in [5, 5.41) is 6.48. The third-order valence-corrected chi connectivity index (χ3v) is 9.94. The van der Waals surface area contributed by atoms with E-state index in [-0.39, 0.29) is 30.4 Å². The smallest absolute Gasteiger partial charge is 0.435 e. The van der Waals surface area contributed by atoms with E-state index >= 15 is 0 Å². The summed E-state index contributed by atoms with van der Waals surface area (Å²) in [5.74, 6) is -0.237. The highest BCUT2D eigenvalue weighted by molar-refractivity contribution is 6.12. The molecule has 1 fully saturated rings. The van der Waals surface area contributed by atoms with Gasteiger partial charge in [0.2, 0.25) is 5.91 Å². The summed E-state index contributed by atoms with van der Waals surface area (Å²) in [6.07, 6.45) is 6.05. The Morgan fingerprint density at radius 3 is 2.24 bits per heavy atom. The molecule has 1 aliphatic heterocycles. The first-order chi connectivity index (χ1) is 26.8. The molecule has 0 radical (unpaired) electrons. The molecule has 5 rings (SSSR count). The number of piperidine rings is 1. The van der Waals surface area contributed by atoms with Gasteiger partial charge in [-0.1, -0.05) is 111 Å². The van der Waals surface area contributed by atoms with E-state index in [0.29, 0.717) is 55.7 Å². The van der Waals surface area contributed by atoms with E-state index in [4.69, 9.17) is 9.47 Å². The Morgan fingerprint density at radius 2 is 1.51 bits per heavy atom. The summed E-state index contributed by atoms with van der Waals surface area (Å²) < 4.78 is 10.4. The number of rotatable bonds is 17. The van der Waals surface area contributed by atoms with Crippen molar-refractivity contribution in [3.8, 4) is 11.1 Å². The number of urea groups is 1. The van der Waals surface area contributed by atoms with Gasteiger partial charge in [0.25, 0.3) is 0 Å². The maximum atomic E-state index is 14.3. The van der Waals surface area contributed by atoms with Gasteiger partial charge in [-0.05, 0) is 54.3 Å². The van der Waals surface area contributed by atoms with E-state index < -0.39 is 12.2 Å². The molecule has 4 aromatic rings. The highest BCUT2D eigenvalue weighted by Gasteiger charge is 2.31. The van der Waals surface area contributed by atoms with Gasteiger partial charge in [-0.2, -0.15) is 0 Å². The number of ether oxygens (including phenoxy) is 2. The minimum Gasteiger partial charge on any atom is -0.435 e. The Balaban J connectivity index is 1.31. The van der Waals surface area contributed by atoms with Crippen LogP contribution >= 0.6 is 0 Å². The molecule has 0 aromatic heterocycles. The summed E-state index contributed by atoms with van der Waals surface area (Å²) in [5.41, 5.74) is 5.30. The summed E-state index contributed by atoms with van der Waals surface area (Å²) in [7, 11) is 1.78. The molecule has 0 saturated carbocycles. The fraction of sp³-hybridized carbons (Fsp3) is 0.378. The second kappa shape index (κ2) is 20.7. The van der Waals surface area contributed by atoms with E-state index in [2.05, 4.69) is 17.6 Å². The molecule has 0 bridgehead atoms. The van der Waals surface area contributed by atoms with Crippen molar-refractivity contribution in [3.63, 3.8) is 0 Å². The Labute approximate surface area is 325 Å². The molecule has 2 N–H and O–H groups in total. The molecular weight excluding hydrogens is 693 g/mol. The summed E-state index contributed by atoms with van der Waals surface area (Å²) in [6.45, 7) is 5.66. The van der Waals surface area contributed by atoms with Crippen LogP contribution in [-0.4, -0.2) is 74.2 Å². The number of carbonyl (C=O) groups is 4. The standard InChI is InChI=1S/C45H54N4O6/c1-4-6-7-8-14-28-46-44(52)48(3)37-19-15-18-36(32-37)34-24-22-33(23-25-34)31-41(43(51)49-29-26-38(27-30-49)55-45(53)54-5-2)47-40-21-13-12-20-39(40)42(50)35-16-10-9-11-17-35/h9-13,15-25,32,38,41,47H,4-8,14,26-31H2,1-3H3,(H,46,52)/t41-/m0/s1. The average Bonchev–Trinajstić information content (AvgIpc) is 3.22. The minimum absolute atomic E-state index is 0.101. The number of hydrogen-bond donors (Lipinski definition) is 2. The number of carbonyl (C=O) groups excluding carboxylic acids is 4. The maximum absolute atomic E-state index is 14.3. The number of hydrogen-bond acceptors (Lipinski definition) is 7. The predicted octanol–water partition coefficient (Wildman–Crippen LogP) is 8.89. The van der Waals surface area contributed by atoms with Crippen LogP contribution in [0.4, 0.5) is 21.0 Å². The van der Waals surface area contributed by atoms with Gasteiger partial charge < -0.3 is 25.0 Å². The number of ketones is 1. The number of amides is 3. The van der Waals surface area contributed by atoms with Gasteiger partial charge in [0, 0.05) is 68.4 Å². The van der Waals surface area contributed by atoms with Gasteiger partial charge in [0.05, 0.1) is 6.61 Å². The van der Waals surface area contributed by atoms with E-state index in [0.717, 1.165) is 35.2 Å². The van der Waals surface area contributed by atoms with Crippen molar-refractivity contribution in [1.29, 1.82) is 0 Å². The number of unbranched alkanes of at least 4 members (excludes halogenated alkanes) is 4. The van der Waals surface area contributed by atoms with Gasteiger partial charge in [0.15, 0.2) is 5.78 Å². The van der Waals surface area contributed by atoms with Crippen LogP contribution in [-0.2, 0) is 20.7 Å². The highest BCUT2D eigenvalue weighted by Crippen LogP contribution is 2.27. The number of anilines is 2. The third kappa shape index (κ3) is 11.7. The molecule has 1 atom stereocenters. The SMILES string of the molecule is CCCCCCCNC(=O)N(C)c1cccc(-c2ccc(C[C@H](Nc3ccccc3C(=O)c3ccccc3)C(=O)N3CCC(OC(=O)OCC)CC3)cc2)c1. The quantitative estimate of drug-likeness (QED) is 0.0630. The molecule has 290 valence electrons. The van der Waals surface area contributed by atoms with Crippen molar-refractivity contribution >= 4 is 35.3 Å². The molecule has 3 amide bonds. The van der Waals surface area contributed by atoms with Crippen LogP contribution in [0.2, 0.25) is 0 Å². The number of benzene rings is 4. The third-order valence-electron chi connectivity index (χ3n) is 9.94. The van der Waals surface area contributed by atoms with Crippen LogP contribution in [0, 0.1) is 0 Å². The van der Waals surface area contributed by atoms with Crippen LogP contribution in [0.3, 0.4) is 0 Å². The van der Waals surface area contributed by atoms with Crippen LogP contribution in [0.5, 0.6) is 0 Å². The second-order valence-electron chi connectivity index (χ2n) is 13.9. The monoisotopic (exact) mass is 746 g/mol. The molecular formula is C45H54N4O6. The number of nitrogens with one attached hydrogen (secondary N) is 2. The first kappa shape index (κ1) is 40.5. The summed E-state index contributed by atoms with van der Waals surface area (Å²) in [4.78, 5) is 56.1. The van der Waals surface area contributed by atoms with Crippen LogP contribution in [0.25, 0.3) is 11.1 Å². The molecule has 1 heterocycles. The molecule has 1 saturated heterocycles. The minimum atomic E-state index is -0.692.